The second-order valence-electron chi connectivity index (χ2n) is 5.23. The molecule has 0 amide bonds. The van der Waals surface area contributed by atoms with E-state index >= 15 is 0 Å². The Morgan fingerprint density at radius 3 is 3.12 bits per heavy atom. The summed E-state index contributed by atoms with van der Waals surface area (Å²) in [4.78, 5) is 4.38. The number of hydrogen-bond acceptors (Lipinski definition) is 3. The molecule has 1 aromatic heterocycles. The molecule has 1 atom stereocenters. The highest BCUT2D eigenvalue weighted by Gasteiger charge is 2.26. The molecule has 1 aliphatic rings. The molecule has 2 N–H and O–H groups in total. The van der Waals surface area contributed by atoms with Gasteiger partial charge in [0.1, 0.15) is 5.82 Å². The number of halogens is 1. The van der Waals surface area contributed by atoms with Crippen LogP contribution in [-0.4, -0.2) is 24.6 Å². The number of aromatic nitrogens is 1. The molecule has 3 nitrogen and oxygen atoms in total. The van der Waals surface area contributed by atoms with Crippen molar-refractivity contribution in [1.82, 2.24) is 10.3 Å². The zero-order valence-electron chi connectivity index (χ0n) is 10.5. The van der Waals surface area contributed by atoms with Gasteiger partial charge in [-0.3, -0.25) is 0 Å². The minimum Gasteiger partial charge on any atom is -0.369 e. The van der Waals surface area contributed by atoms with Crippen molar-refractivity contribution >= 4 is 21.7 Å². The third-order valence-corrected chi connectivity index (χ3v) is 4.45. The number of nitrogens with zero attached hydrogens (tertiary/aromatic N) is 1. The lowest BCUT2D eigenvalue weighted by molar-refractivity contribution is 0.253. The van der Waals surface area contributed by atoms with Crippen molar-refractivity contribution in [2.45, 2.75) is 26.7 Å². The second kappa shape index (κ2) is 5.36. The van der Waals surface area contributed by atoms with Crippen LogP contribution in [-0.2, 0) is 0 Å². The fourth-order valence-corrected chi connectivity index (χ4v) is 2.60. The molecular weight excluding hydrogens is 278 g/mol. The van der Waals surface area contributed by atoms with Gasteiger partial charge in [0.05, 0.1) is 4.47 Å². The molecule has 94 valence electrons. The van der Waals surface area contributed by atoms with Crippen LogP contribution in [0, 0.1) is 12.3 Å². The van der Waals surface area contributed by atoms with Crippen LogP contribution in [0.3, 0.4) is 0 Å². The number of anilines is 1. The topological polar surface area (TPSA) is 37.0 Å². The molecule has 1 saturated heterocycles. The van der Waals surface area contributed by atoms with E-state index in [1.165, 1.54) is 18.4 Å². The van der Waals surface area contributed by atoms with E-state index in [4.69, 9.17) is 0 Å². The molecule has 4 heteroatoms. The molecule has 0 spiro atoms. The van der Waals surface area contributed by atoms with Crippen molar-refractivity contribution in [2.75, 3.05) is 25.0 Å². The van der Waals surface area contributed by atoms with Gasteiger partial charge in [0.2, 0.25) is 0 Å². The highest BCUT2D eigenvalue weighted by Crippen LogP contribution is 2.28. The molecule has 0 saturated carbocycles. The van der Waals surface area contributed by atoms with Gasteiger partial charge >= 0.3 is 0 Å². The maximum absolute atomic E-state index is 4.38. The lowest BCUT2D eigenvalue weighted by Crippen LogP contribution is -2.42. The van der Waals surface area contributed by atoms with E-state index in [9.17, 15) is 0 Å². The van der Waals surface area contributed by atoms with Crippen LogP contribution in [0.4, 0.5) is 5.82 Å². The fourth-order valence-electron chi connectivity index (χ4n) is 2.23. The van der Waals surface area contributed by atoms with Crippen molar-refractivity contribution < 1.29 is 0 Å². The lowest BCUT2D eigenvalue weighted by atomic mass is 9.83. The molecule has 0 aromatic carbocycles. The third-order valence-electron chi connectivity index (χ3n) is 3.45. The molecular formula is C13H20BrN3. The Kier molecular flexibility index (Phi) is 4.05. The predicted molar refractivity (Wildman–Crippen MR) is 75.4 cm³/mol. The molecule has 0 bridgehead atoms. The molecule has 17 heavy (non-hydrogen) atoms. The lowest BCUT2D eigenvalue weighted by Gasteiger charge is -2.34. The summed E-state index contributed by atoms with van der Waals surface area (Å²) in [6.45, 7) is 7.62. The summed E-state index contributed by atoms with van der Waals surface area (Å²) in [6.07, 6.45) is 4.39. The van der Waals surface area contributed by atoms with Gasteiger partial charge in [0.25, 0.3) is 0 Å². The van der Waals surface area contributed by atoms with Crippen molar-refractivity contribution in [3.63, 3.8) is 0 Å². The largest absolute Gasteiger partial charge is 0.369 e. The van der Waals surface area contributed by atoms with E-state index in [0.29, 0.717) is 5.41 Å². The standard InChI is InChI=1S/C13H20BrN3/c1-10-4-7-16-12(11(10)14)17-9-13(2)5-3-6-15-8-13/h4,7,15H,3,5-6,8-9H2,1-2H3,(H,16,17). The second-order valence-corrected chi connectivity index (χ2v) is 6.03. The summed E-state index contributed by atoms with van der Waals surface area (Å²) in [5, 5.41) is 6.93. The predicted octanol–water partition coefficient (Wildman–Crippen LogP) is 2.95. The summed E-state index contributed by atoms with van der Waals surface area (Å²) >= 11 is 3.58. The van der Waals surface area contributed by atoms with Crippen molar-refractivity contribution in [3.05, 3.63) is 22.3 Å². The van der Waals surface area contributed by atoms with Crippen LogP contribution in [0.2, 0.25) is 0 Å². The normalized spacial score (nSPS) is 24.6. The maximum Gasteiger partial charge on any atom is 0.140 e. The SMILES string of the molecule is Cc1ccnc(NCC2(C)CCCNC2)c1Br. The van der Waals surface area contributed by atoms with Crippen LogP contribution in [0.15, 0.2) is 16.7 Å². The summed E-state index contributed by atoms with van der Waals surface area (Å²) in [5.41, 5.74) is 1.55. The van der Waals surface area contributed by atoms with Crippen molar-refractivity contribution in [1.29, 1.82) is 0 Å². The van der Waals surface area contributed by atoms with E-state index in [0.717, 1.165) is 29.9 Å². The monoisotopic (exact) mass is 297 g/mol. The van der Waals surface area contributed by atoms with E-state index < -0.39 is 0 Å². The first kappa shape index (κ1) is 12.8. The van der Waals surface area contributed by atoms with Gasteiger partial charge in [-0.15, -0.1) is 0 Å². The van der Waals surface area contributed by atoms with Crippen LogP contribution in [0.25, 0.3) is 0 Å². The molecule has 2 rings (SSSR count). The molecule has 1 unspecified atom stereocenters. The molecule has 1 fully saturated rings. The van der Waals surface area contributed by atoms with Crippen LogP contribution >= 0.6 is 15.9 Å². The number of piperidine rings is 1. The van der Waals surface area contributed by atoms with Crippen LogP contribution < -0.4 is 10.6 Å². The van der Waals surface area contributed by atoms with Gasteiger partial charge in [-0.25, -0.2) is 4.98 Å². The van der Waals surface area contributed by atoms with E-state index in [2.05, 4.69) is 45.4 Å². The highest BCUT2D eigenvalue weighted by molar-refractivity contribution is 9.10. The van der Waals surface area contributed by atoms with E-state index in [1.807, 2.05) is 12.3 Å². The Labute approximate surface area is 112 Å². The number of pyridine rings is 1. The summed E-state index contributed by atoms with van der Waals surface area (Å²) in [7, 11) is 0. The first-order valence-electron chi connectivity index (χ1n) is 6.16. The molecule has 1 aromatic rings. The minimum atomic E-state index is 0.336. The van der Waals surface area contributed by atoms with Gasteiger partial charge < -0.3 is 10.6 Å². The van der Waals surface area contributed by atoms with Gasteiger partial charge in [-0.2, -0.15) is 0 Å². The van der Waals surface area contributed by atoms with Gasteiger partial charge in [0.15, 0.2) is 0 Å². The Bertz CT molecular complexity index is 386. The minimum absolute atomic E-state index is 0.336. The van der Waals surface area contributed by atoms with Crippen LogP contribution in [0.5, 0.6) is 0 Å². The molecule has 1 aliphatic heterocycles. The van der Waals surface area contributed by atoms with Crippen LogP contribution in [0.1, 0.15) is 25.3 Å². The van der Waals surface area contributed by atoms with Crippen molar-refractivity contribution in [3.8, 4) is 0 Å². The van der Waals surface area contributed by atoms with Gasteiger partial charge in [-0.05, 0) is 59.3 Å². The van der Waals surface area contributed by atoms with E-state index in [-0.39, 0.29) is 0 Å². The zero-order valence-corrected chi connectivity index (χ0v) is 12.1. The van der Waals surface area contributed by atoms with Gasteiger partial charge in [-0.1, -0.05) is 6.92 Å². The fraction of sp³-hybridized carbons (Fsp3) is 0.615. The van der Waals surface area contributed by atoms with Gasteiger partial charge in [0, 0.05) is 19.3 Å². The first-order valence-corrected chi connectivity index (χ1v) is 6.96. The highest BCUT2D eigenvalue weighted by atomic mass is 79.9. The Morgan fingerprint density at radius 2 is 2.41 bits per heavy atom. The Balaban J connectivity index is 1.99. The number of nitrogens with one attached hydrogen (secondary N) is 2. The quantitative estimate of drug-likeness (QED) is 0.901. The molecule has 0 radical (unpaired) electrons. The Hall–Kier alpha value is -0.610. The molecule has 0 aliphatic carbocycles. The molecule has 2 heterocycles. The van der Waals surface area contributed by atoms with Crippen molar-refractivity contribution in [2.24, 2.45) is 5.41 Å². The zero-order chi connectivity index (χ0) is 12.3. The maximum atomic E-state index is 4.38. The van der Waals surface area contributed by atoms with E-state index in [1.54, 1.807) is 0 Å². The summed E-state index contributed by atoms with van der Waals surface area (Å²) < 4.78 is 1.08. The first-order chi connectivity index (χ1) is 8.11. The summed E-state index contributed by atoms with van der Waals surface area (Å²) in [6, 6.07) is 2.01. The number of hydrogen-bond donors (Lipinski definition) is 2. The third kappa shape index (κ3) is 3.19. The average molecular weight is 298 g/mol. The summed E-state index contributed by atoms with van der Waals surface area (Å²) in [5.74, 6) is 0.955. The Morgan fingerprint density at radius 1 is 1.59 bits per heavy atom. The number of aryl methyl sites for hydroxylation is 1. The smallest absolute Gasteiger partial charge is 0.140 e. The number of rotatable bonds is 3. The average Bonchev–Trinajstić information content (AvgIpc) is 2.32.